The molecule has 0 aliphatic rings. The Labute approximate surface area is 147 Å². The van der Waals surface area contributed by atoms with E-state index >= 15 is 0 Å². The third-order valence-corrected chi connectivity index (χ3v) is 4.55. The van der Waals surface area contributed by atoms with Crippen LogP contribution in [0.3, 0.4) is 0 Å². The molecule has 0 atom stereocenters. The Morgan fingerprint density at radius 1 is 1.22 bits per heavy atom. The van der Waals surface area contributed by atoms with Gasteiger partial charge in [0.1, 0.15) is 0 Å². The van der Waals surface area contributed by atoms with Gasteiger partial charge in [-0.1, -0.05) is 29.3 Å². The average Bonchev–Trinajstić information content (AvgIpc) is 3.00. The topological polar surface area (TPSA) is 54.9 Å². The quantitative estimate of drug-likeness (QED) is 0.731. The molecule has 23 heavy (non-hydrogen) atoms. The first-order chi connectivity index (χ1) is 11.1. The molecule has 0 fully saturated rings. The summed E-state index contributed by atoms with van der Waals surface area (Å²) >= 11 is 13.2. The minimum absolute atomic E-state index is 0.157. The Hall–Kier alpha value is -1.95. The highest BCUT2D eigenvalue weighted by Crippen LogP contribution is 2.25. The van der Waals surface area contributed by atoms with Crippen molar-refractivity contribution in [1.29, 1.82) is 0 Å². The van der Waals surface area contributed by atoms with Crippen LogP contribution in [0.5, 0.6) is 0 Å². The van der Waals surface area contributed by atoms with Crippen molar-refractivity contribution in [3.63, 3.8) is 0 Å². The highest BCUT2D eigenvalue weighted by atomic mass is 35.5. The summed E-state index contributed by atoms with van der Waals surface area (Å²) in [5.41, 5.74) is 2.49. The van der Waals surface area contributed by atoms with Crippen molar-refractivity contribution >= 4 is 45.6 Å². The molecular formula is C16H11Cl2N3OS. The molecule has 1 aromatic carbocycles. The first-order valence-electron chi connectivity index (χ1n) is 6.71. The highest BCUT2D eigenvalue weighted by Gasteiger charge is 2.10. The van der Waals surface area contributed by atoms with Gasteiger partial charge in [0.25, 0.3) is 0 Å². The molecule has 2 aromatic heterocycles. The Balaban J connectivity index is 1.66. The van der Waals surface area contributed by atoms with Crippen LogP contribution < -0.4 is 5.32 Å². The Morgan fingerprint density at radius 3 is 2.83 bits per heavy atom. The summed E-state index contributed by atoms with van der Waals surface area (Å²) in [6.07, 6.45) is 3.64. The van der Waals surface area contributed by atoms with E-state index < -0.39 is 0 Å². The third-order valence-electron chi connectivity index (χ3n) is 3.06. The van der Waals surface area contributed by atoms with Crippen molar-refractivity contribution in [2.45, 2.75) is 6.42 Å². The minimum atomic E-state index is -0.157. The minimum Gasteiger partial charge on any atom is -0.302 e. The van der Waals surface area contributed by atoms with Crippen molar-refractivity contribution in [3.8, 4) is 11.3 Å². The Morgan fingerprint density at radius 2 is 2.09 bits per heavy atom. The summed E-state index contributed by atoms with van der Waals surface area (Å²) in [4.78, 5) is 20.5. The molecule has 0 saturated carbocycles. The molecular weight excluding hydrogens is 353 g/mol. The van der Waals surface area contributed by atoms with E-state index in [4.69, 9.17) is 23.2 Å². The number of aromatic nitrogens is 2. The van der Waals surface area contributed by atoms with Gasteiger partial charge < -0.3 is 5.32 Å². The lowest BCUT2D eigenvalue weighted by Gasteiger charge is -2.03. The zero-order valence-electron chi connectivity index (χ0n) is 11.8. The zero-order valence-corrected chi connectivity index (χ0v) is 14.1. The first kappa shape index (κ1) is 15.9. The van der Waals surface area contributed by atoms with Gasteiger partial charge in [0, 0.05) is 23.3 Å². The van der Waals surface area contributed by atoms with Crippen LogP contribution >= 0.6 is 34.5 Å². The van der Waals surface area contributed by atoms with Crippen LogP contribution in [-0.2, 0) is 11.2 Å². The monoisotopic (exact) mass is 363 g/mol. The second kappa shape index (κ2) is 7.08. The molecule has 0 aliphatic heterocycles. The van der Waals surface area contributed by atoms with Gasteiger partial charge in [0.15, 0.2) is 5.13 Å². The van der Waals surface area contributed by atoms with Gasteiger partial charge in [0.05, 0.1) is 22.2 Å². The van der Waals surface area contributed by atoms with Gasteiger partial charge in [-0.2, -0.15) is 0 Å². The summed E-state index contributed by atoms with van der Waals surface area (Å²) in [5, 5.41) is 6.12. The normalized spacial score (nSPS) is 10.5. The number of thiazole rings is 1. The van der Waals surface area contributed by atoms with E-state index in [0.717, 1.165) is 16.8 Å². The second-order valence-corrected chi connectivity index (χ2v) is 6.43. The van der Waals surface area contributed by atoms with Crippen molar-refractivity contribution in [1.82, 2.24) is 9.97 Å². The number of nitrogens with zero attached hydrogens (tertiary/aromatic N) is 2. The summed E-state index contributed by atoms with van der Waals surface area (Å²) in [6.45, 7) is 0. The Kier molecular flexibility index (Phi) is 4.91. The number of hydrogen-bond donors (Lipinski definition) is 1. The van der Waals surface area contributed by atoms with Crippen LogP contribution in [0.25, 0.3) is 11.3 Å². The number of hydrogen-bond acceptors (Lipinski definition) is 4. The molecule has 0 saturated heterocycles. The molecule has 116 valence electrons. The molecule has 7 heteroatoms. The maximum atomic E-state index is 12.1. The predicted molar refractivity (Wildman–Crippen MR) is 94.1 cm³/mol. The largest absolute Gasteiger partial charge is 0.302 e. The van der Waals surface area contributed by atoms with Gasteiger partial charge >= 0.3 is 0 Å². The van der Waals surface area contributed by atoms with Crippen molar-refractivity contribution in [3.05, 3.63) is 63.7 Å². The number of carbonyl (C=O) groups excluding carboxylic acids is 1. The van der Waals surface area contributed by atoms with Gasteiger partial charge in [-0.15, -0.1) is 11.3 Å². The van der Waals surface area contributed by atoms with E-state index in [-0.39, 0.29) is 12.3 Å². The number of halogens is 2. The fraction of sp³-hybridized carbons (Fsp3) is 0.0625. The molecule has 2 heterocycles. The number of anilines is 1. The lowest BCUT2D eigenvalue weighted by atomic mass is 10.1. The molecule has 3 rings (SSSR count). The van der Waals surface area contributed by atoms with Crippen LogP contribution in [0.2, 0.25) is 10.0 Å². The molecule has 1 N–H and O–H groups in total. The van der Waals surface area contributed by atoms with Crippen LogP contribution in [-0.4, -0.2) is 15.9 Å². The second-order valence-electron chi connectivity index (χ2n) is 4.75. The summed E-state index contributed by atoms with van der Waals surface area (Å²) in [5.74, 6) is -0.157. The first-order valence-corrected chi connectivity index (χ1v) is 8.35. The molecule has 0 radical (unpaired) electrons. The van der Waals surface area contributed by atoms with E-state index in [0.29, 0.717) is 15.2 Å². The van der Waals surface area contributed by atoms with E-state index in [9.17, 15) is 4.79 Å². The molecule has 0 aliphatic carbocycles. The van der Waals surface area contributed by atoms with Crippen LogP contribution in [0, 0.1) is 0 Å². The number of carbonyl (C=O) groups is 1. The van der Waals surface area contributed by atoms with Crippen LogP contribution in [0.4, 0.5) is 5.13 Å². The van der Waals surface area contributed by atoms with Crippen molar-refractivity contribution in [2.24, 2.45) is 0 Å². The van der Waals surface area contributed by atoms with Crippen LogP contribution in [0.15, 0.2) is 48.1 Å². The fourth-order valence-corrected chi connectivity index (χ4v) is 3.03. The van der Waals surface area contributed by atoms with E-state index in [1.807, 2.05) is 17.5 Å². The van der Waals surface area contributed by atoms with Gasteiger partial charge in [-0.3, -0.25) is 9.78 Å². The predicted octanol–water partition coefficient (Wildman–Crippen LogP) is 4.69. The summed E-state index contributed by atoms with van der Waals surface area (Å²) in [6, 6.07) is 8.90. The molecule has 0 unspecified atom stereocenters. The molecule has 4 nitrogen and oxygen atoms in total. The lowest BCUT2D eigenvalue weighted by molar-refractivity contribution is -0.115. The maximum absolute atomic E-state index is 12.1. The number of pyridine rings is 1. The number of benzene rings is 1. The molecule has 0 bridgehead atoms. The van der Waals surface area contributed by atoms with Gasteiger partial charge in [-0.25, -0.2) is 4.98 Å². The zero-order chi connectivity index (χ0) is 16.2. The number of amides is 1. The third kappa shape index (κ3) is 4.07. The number of rotatable bonds is 4. The fourth-order valence-electron chi connectivity index (χ4n) is 1.98. The maximum Gasteiger partial charge on any atom is 0.230 e. The lowest BCUT2D eigenvalue weighted by Crippen LogP contribution is -2.14. The summed E-state index contributed by atoms with van der Waals surface area (Å²) in [7, 11) is 0. The van der Waals surface area contributed by atoms with Gasteiger partial charge in [-0.05, 0) is 29.8 Å². The molecule has 1 amide bonds. The van der Waals surface area contributed by atoms with E-state index in [1.165, 1.54) is 11.3 Å². The van der Waals surface area contributed by atoms with E-state index in [2.05, 4.69) is 15.3 Å². The molecule has 3 aromatic rings. The smallest absolute Gasteiger partial charge is 0.230 e. The molecule has 0 spiro atoms. The highest BCUT2D eigenvalue weighted by molar-refractivity contribution is 7.14. The van der Waals surface area contributed by atoms with E-state index in [1.54, 1.807) is 30.6 Å². The standard InChI is InChI=1S/C16H11Cl2N3OS/c17-12-4-3-10(6-13(12)18)7-15(22)21-16-20-14(9-23-16)11-2-1-5-19-8-11/h1-6,8-9H,7H2,(H,20,21,22). The van der Waals surface area contributed by atoms with Crippen molar-refractivity contribution in [2.75, 3.05) is 5.32 Å². The van der Waals surface area contributed by atoms with Crippen molar-refractivity contribution < 1.29 is 4.79 Å². The summed E-state index contributed by atoms with van der Waals surface area (Å²) < 4.78 is 0. The average molecular weight is 364 g/mol. The van der Waals surface area contributed by atoms with Gasteiger partial charge in [0.2, 0.25) is 5.91 Å². The number of nitrogens with one attached hydrogen (secondary N) is 1. The Bertz CT molecular complexity index is 836. The van der Waals surface area contributed by atoms with Crippen LogP contribution in [0.1, 0.15) is 5.56 Å². The SMILES string of the molecule is O=C(Cc1ccc(Cl)c(Cl)c1)Nc1nc(-c2cccnc2)cs1.